The first-order valence-electron chi connectivity index (χ1n) is 5.96. The maximum absolute atomic E-state index is 14.0. The van der Waals surface area contributed by atoms with E-state index >= 15 is 0 Å². The lowest BCUT2D eigenvalue weighted by atomic mass is 10.1. The molecule has 0 aromatic heterocycles. The van der Waals surface area contributed by atoms with Crippen LogP contribution in [-0.2, 0) is 4.79 Å². The fourth-order valence-electron chi connectivity index (χ4n) is 2.12. The average Bonchev–Trinajstić information content (AvgIpc) is 2.76. The molecule has 20 heavy (non-hydrogen) atoms. The Labute approximate surface area is 118 Å². The van der Waals surface area contributed by atoms with Gasteiger partial charge in [0.05, 0.1) is 5.37 Å². The largest absolute Gasteiger partial charge is 0.480 e. The van der Waals surface area contributed by atoms with Gasteiger partial charge in [-0.25, -0.2) is 13.6 Å². The summed E-state index contributed by atoms with van der Waals surface area (Å²) in [6.45, 7) is 3.06. The van der Waals surface area contributed by atoms with Crippen LogP contribution in [0.5, 0.6) is 0 Å². The van der Waals surface area contributed by atoms with Gasteiger partial charge in [-0.1, -0.05) is 6.07 Å². The van der Waals surface area contributed by atoms with Crippen LogP contribution < -0.4 is 0 Å². The average molecular weight is 301 g/mol. The highest BCUT2D eigenvalue weighted by Crippen LogP contribution is 2.31. The zero-order valence-electron chi connectivity index (χ0n) is 10.9. The number of halogens is 2. The molecular weight excluding hydrogens is 288 g/mol. The number of aliphatic carboxylic acids is 1. The molecule has 2 rings (SSSR count). The zero-order chi connectivity index (χ0) is 15.0. The summed E-state index contributed by atoms with van der Waals surface area (Å²) >= 11 is 1.26. The summed E-state index contributed by atoms with van der Waals surface area (Å²) in [6.07, 6.45) is 0. The third-order valence-electron chi connectivity index (χ3n) is 3.24. The molecule has 0 radical (unpaired) electrons. The van der Waals surface area contributed by atoms with E-state index in [1.54, 1.807) is 6.92 Å². The second-order valence-electron chi connectivity index (χ2n) is 4.55. The predicted molar refractivity (Wildman–Crippen MR) is 70.6 cm³/mol. The van der Waals surface area contributed by atoms with Gasteiger partial charge < -0.3 is 10.0 Å². The molecule has 1 amide bonds. The lowest BCUT2D eigenvalue weighted by Gasteiger charge is -2.25. The Hall–Kier alpha value is -1.63. The van der Waals surface area contributed by atoms with E-state index in [-0.39, 0.29) is 11.3 Å². The van der Waals surface area contributed by atoms with E-state index in [1.165, 1.54) is 24.8 Å². The maximum Gasteiger partial charge on any atom is 0.327 e. The molecule has 1 saturated heterocycles. The van der Waals surface area contributed by atoms with E-state index in [0.29, 0.717) is 0 Å². The fraction of sp³-hybridized carbons (Fsp3) is 0.385. The molecule has 0 bridgehead atoms. The Balaban J connectivity index is 2.45. The SMILES string of the molecule is Cc1ccc(F)c(C(=O)N2C(C)SCC2C(=O)O)c1F. The second kappa shape index (κ2) is 5.40. The van der Waals surface area contributed by atoms with Crippen LogP contribution in [0, 0.1) is 18.6 Å². The molecule has 7 heteroatoms. The van der Waals surface area contributed by atoms with Gasteiger partial charge in [-0.15, -0.1) is 11.8 Å². The Morgan fingerprint density at radius 2 is 2.05 bits per heavy atom. The van der Waals surface area contributed by atoms with Crippen molar-refractivity contribution in [2.24, 2.45) is 0 Å². The number of aryl methyl sites for hydroxylation is 1. The van der Waals surface area contributed by atoms with Crippen LogP contribution in [0.2, 0.25) is 0 Å². The highest BCUT2D eigenvalue weighted by molar-refractivity contribution is 8.00. The van der Waals surface area contributed by atoms with Crippen molar-refractivity contribution in [2.75, 3.05) is 5.75 Å². The Kier molecular flexibility index (Phi) is 3.99. The van der Waals surface area contributed by atoms with E-state index in [2.05, 4.69) is 0 Å². The van der Waals surface area contributed by atoms with Gasteiger partial charge in [-0.05, 0) is 25.5 Å². The van der Waals surface area contributed by atoms with E-state index in [4.69, 9.17) is 5.11 Å². The third-order valence-corrected chi connectivity index (χ3v) is 4.46. The minimum Gasteiger partial charge on any atom is -0.480 e. The summed E-state index contributed by atoms with van der Waals surface area (Å²) in [7, 11) is 0. The number of hydrogen-bond donors (Lipinski definition) is 1. The van der Waals surface area contributed by atoms with Crippen molar-refractivity contribution in [3.63, 3.8) is 0 Å². The molecule has 0 spiro atoms. The summed E-state index contributed by atoms with van der Waals surface area (Å²) in [5, 5.41) is 8.65. The van der Waals surface area contributed by atoms with Crippen molar-refractivity contribution in [2.45, 2.75) is 25.3 Å². The molecule has 1 heterocycles. The normalized spacial score (nSPS) is 22.1. The zero-order valence-corrected chi connectivity index (χ0v) is 11.7. The van der Waals surface area contributed by atoms with Gasteiger partial charge in [-0.2, -0.15) is 0 Å². The summed E-state index contributed by atoms with van der Waals surface area (Å²) in [6, 6.07) is 1.18. The predicted octanol–water partition coefficient (Wildman–Crippen LogP) is 2.26. The molecular formula is C13H13F2NO3S. The standard InChI is InChI=1S/C13H13F2NO3S/c1-6-3-4-8(14)10(11(6)15)12(17)16-7(2)20-5-9(16)13(18)19/h3-4,7,9H,5H2,1-2H3,(H,18,19). The number of hydrogen-bond acceptors (Lipinski definition) is 3. The van der Waals surface area contributed by atoms with Gasteiger partial charge in [0.25, 0.3) is 5.91 Å². The molecule has 4 nitrogen and oxygen atoms in total. The van der Waals surface area contributed by atoms with Crippen LogP contribution in [0.15, 0.2) is 12.1 Å². The van der Waals surface area contributed by atoms with E-state index in [9.17, 15) is 18.4 Å². The van der Waals surface area contributed by atoms with Gasteiger partial charge >= 0.3 is 5.97 Å². The van der Waals surface area contributed by atoms with Crippen molar-refractivity contribution in [1.29, 1.82) is 0 Å². The van der Waals surface area contributed by atoms with Gasteiger partial charge in [0.2, 0.25) is 0 Å². The molecule has 1 aromatic carbocycles. The molecule has 1 aromatic rings. The van der Waals surface area contributed by atoms with Gasteiger partial charge in [-0.3, -0.25) is 4.79 Å². The monoisotopic (exact) mass is 301 g/mol. The Morgan fingerprint density at radius 3 is 2.65 bits per heavy atom. The van der Waals surface area contributed by atoms with Gasteiger partial charge in [0.15, 0.2) is 0 Å². The summed E-state index contributed by atoms with van der Waals surface area (Å²) in [4.78, 5) is 24.5. The second-order valence-corrected chi connectivity index (χ2v) is 5.90. The number of carbonyl (C=O) groups excluding carboxylic acids is 1. The van der Waals surface area contributed by atoms with Crippen molar-refractivity contribution in [3.8, 4) is 0 Å². The maximum atomic E-state index is 14.0. The van der Waals surface area contributed by atoms with Crippen molar-refractivity contribution in [3.05, 3.63) is 34.9 Å². The lowest BCUT2D eigenvalue weighted by molar-refractivity contribution is -0.141. The lowest BCUT2D eigenvalue weighted by Crippen LogP contribution is -2.45. The number of carboxylic acid groups (broad SMARTS) is 1. The third kappa shape index (κ3) is 2.37. The summed E-state index contributed by atoms with van der Waals surface area (Å²) in [5.74, 6) is -3.82. The Morgan fingerprint density at radius 1 is 1.40 bits per heavy atom. The first kappa shape index (κ1) is 14.8. The van der Waals surface area contributed by atoms with Crippen LogP contribution in [0.1, 0.15) is 22.8 Å². The number of nitrogens with zero attached hydrogens (tertiary/aromatic N) is 1. The molecule has 1 fully saturated rings. The Bertz CT molecular complexity index is 579. The van der Waals surface area contributed by atoms with Crippen molar-refractivity contribution in [1.82, 2.24) is 4.90 Å². The summed E-state index contributed by atoms with van der Waals surface area (Å²) < 4.78 is 27.7. The molecule has 1 aliphatic heterocycles. The van der Waals surface area contributed by atoms with Crippen LogP contribution in [0.25, 0.3) is 0 Å². The van der Waals surface area contributed by atoms with E-state index in [0.717, 1.165) is 11.0 Å². The number of rotatable bonds is 2. The van der Waals surface area contributed by atoms with E-state index in [1.807, 2.05) is 0 Å². The van der Waals surface area contributed by atoms with Crippen LogP contribution in [-0.4, -0.2) is 39.1 Å². The van der Waals surface area contributed by atoms with Crippen LogP contribution >= 0.6 is 11.8 Å². The van der Waals surface area contributed by atoms with E-state index < -0.39 is 40.5 Å². The molecule has 1 aliphatic rings. The topological polar surface area (TPSA) is 57.6 Å². The number of carbonyl (C=O) groups is 2. The quantitative estimate of drug-likeness (QED) is 0.910. The fourth-order valence-corrected chi connectivity index (χ4v) is 3.29. The minimum atomic E-state index is -1.18. The molecule has 0 aliphatic carbocycles. The van der Waals surface area contributed by atoms with Gasteiger partial charge in [0.1, 0.15) is 23.2 Å². The molecule has 1 N–H and O–H groups in total. The summed E-state index contributed by atoms with van der Waals surface area (Å²) in [5.41, 5.74) is -0.549. The smallest absolute Gasteiger partial charge is 0.327 e. The first-order chi connectivity index (χ1) is 9.34. The highest BCUT2D eigenvalue weighted by atomic mass is 32.2. The van der Waals surface area contributed by atoms with Crippen LogP contribution in [0.3, 0.4) is 0 Å². The van der Waals surface area contributed by atoms with Crippen molar-refractivity contribution >= 4 is 23.6 Å². The highest BCUT2D eigenvalue weighted by Gasteiger charge is 2.41. The number of benzene rings is 1. The number of thioether (sulfide) groups is 1. The molecule has 2 atom stereocenters. The minimum absolute atomic E-state index is 0.140. The van der Waals surface area contributed by atoms with Crippen LogP contribution in [0.4, 0.5) is 8.78 Å². The molecule has 0 saturated carbocycles. The number of carboxylic acids is 1. The molecule has 2 unspecified atom stereocenters. The first-order valence-corrected chi connectivity index (χ1v) is 7.01. The molecule has 108 valence electrons. The number of amides is 1. The van der Waals surface area contributed by atoms with Crippen molar-refractivity contribution < 1.29 is 23.5 Å². The van der Waals surface area contributed by atoms with Gasteiger partial charge in [0, 0.05) is 5.75 Å².